The third kappa shape index (κ3) is 3.48. The van der Waals surface area contributed by atoms with Crippen LogP contribution in [-0.4, -0.2) is 36.7 Å². The maximum Gasteiger partial charge on any atom is 0.226 e. The summed E-state index contributed by atoms with van der Waals surface area (Å²) in [6.45, 7) is 9.13. The number of rotatable bonds is 3. The summed E-state index contributed by atoms with van der Waals surface area (Å²) in [7, 11) is 0. The molecule has 4 nitrogen and oxygen atoms in total. The molecule has 2 heterocycles. The molecule has 0 radical (unpaired) electrons. The minimum Gasteiger partial charge on any atom is -0.374 e. The highest BCUT2D eigenvalue weighted by atomic mass is 16.5. The van der Waals surface area contributed by atoms with Crippen molar-refractivity contribution in [3.63, 3.8) is 0 Å². The van der Waals surface area contributed by atoms with E-state index in [0.29, 0.717) is 18.0 Å². The van der Waals surface area contributed by atoms with Crippen LogP contribution in [-0.2, 0) is 9.53 Å². The van der Waals surface area contributed by atoms with Crippen LogP contribution in [0.5, 0.6) is 0 Å². The van der Waals surface area contributed by atoms with Gasteiger partial charge in [0.15, 0.2) is 0 Å². The van der Waals surface area contributed by atoms with E-state index in [-0.39, 0.29) is 24.0 Å². The Labute approximate surface area is 116 Å². The van der Waals surface area contributed by atoms with Crippen LogP contribution in [0.15, 0.2) is 0 Å². The Kier molecular flexibility index (Phi) is 4.85. The van der Waals surface area contributed by atoms with E-state index >= 15 is 0 Å². The Hall–Kier alpha value is -0.610. The summed E-state index contributed by atoms with van der Waals surface area (Å²) in [5.41, 5.74) is 0. The lowest BCUT2D eigenvalue weighted by Crippen LogP contribution is -2.49. The molecule has 2 saturated heterocycles. The fraction of sp³-hybridized carbons (Fsp3) is 0.933. The Morgan fingerprint density at radius 3 is 2.53 bits per heavy atom. The number of piperidine rings is 1. The van der Waals surface area contributed by atoms with E-state index in [2.05, 4.69) is 31.4 Å². The Balaban J connectivity index is 1.81. The van der Waals surface area contributed by atoms with Crippen molar-refractivity contribution in [3.8, 4) is 0 Å². The van der Waals surface area contributed by atoms with E-state index in [9.17, 15) is 4.79 Å². The molecule has 2 fully saturated rings. The van der Waals surface area contributed by atoms with E-state index in [1.807, 2.05) is 6.92 Å². The van der Waals surface area contributed by atoms with Gasteiger partial charge in [-0.15, -0.1) is 0 Å². The molecule has 0 aromatic rings. The van der Waals surface area contributed by atoms with Gasteiger partial charge in [-0.3, -0.25) is 4.79 Å². The number of ether oxygens (including phenoxy) is 1. The molecule has 110 valence electrons. The first-order valence-corrected chi connectivity index (χ1v) is 7.68. The smallest absolute Gasteiger partial charge is 0.226 e. The Morgan fingerprint density at radius 2 is 1.95 bits per heavy atom. The quantitative estimate of drug-likeness (QED) is 0.819. The van der Waals surface area contributed by atoms with Gasteiger partial charge in [-0.1, -0.05) is 13.3 Å². The van der Waals surface area contributed by atoms with Crippen LogP contribution < -0.4 is 10.6 Å². The topological polar surface area (TPSA) is 50.4 Å². The molecule has 4 heteroatoms. The lowest BCUT2D eigenvalue weighted by atomic mass is 9.88. The van der Waals surface area contributed by atoms with Crippen molar-refractivity contribution in [2.24, 2.45) is 11.8 Å². The van der Waals surface area contributed by atoms with Crippen molar-refractivity contribution >= 4 is 5.91 Å². The van der Waals surface area contributed by atoms with Crippen LogP contribution in [0.1, 0.15) is 47.0 Å². The van der Waals surface area contributed by atoms with Gasteiger partial charge in [0, 0.05) is 18.6 Å². The van der Waals surface area contributed by atoms with Crippen molar-refractivity contribution in [2.45, 2.75) is 71.2 Å². The van der Waals surface area contributed by atoms with Crippen LogP contribution in [0.4, 0.5) is 0 Å². The zero-order chi connectivity index (χ0) is 14.0. The second-order valence-corrected chi connectivity index (χ2v) is 6.37. The minimum absolute atomic E-state index is 0.00369. The number of hydrogen-bond donors (Lipinski definition) is 2. The SMILES string of the molecule is CC1CCCC(CNC(=O)C2C(C)OC(C)C2C)N1. The predicted octanol–water partition coefficient (Wildman–Crippen LogP) is 1.69. The number of carbonyl (C=O) groups is 1. The van der Waals surface area contributed by atoms with Gasteiger partial charge >= 0.3 is 0 Å². The standard InChI is InChI=1S/C15H28N2O2/c1-9-6-5-7-13(17-9)8-16-15(18)14-10(2)11(3)19-12(14)4/h9-14,17H,5-8H2,1-4H3,(H,16,18). The lowest BCUT2D eigenvalue weighted by Gasteiger charge is -2.29. The van der Waals surface area contributed by atoms with Gasteiger partial charge in [0.25, 0.3) is 0 Å². The molecule has 0 saturated carbocycles. The van der Waals surface area contributed by atoms with Crippen LogP contribution in [0, 0.1) is 11.8 Å². The molecule has 6 unspecified atom stereocenters. The summed E-state index contributed by atoms with van der Waals surface area (Å²) in [5.74, 6) is 0.452. The summed E-state index contributed by atoms with van der Waals surface area (Å²) in [5, 5.41) is 6.66. The van der Waals surface area contributed by atoms with Crippen LogP contribution in [0.2, 0.25) is 0 Å². The van der Waals surface area contributed by atoms with Crippen molar-refractivity contribution in [3.05, 3.63) is 0 Å². The number of hydrogen-bond acceptors (Lipinski definition) is 3. The first-order valence-electron chi connectivity index (χ1n) is 7.68. The molecule has 0 bridgehead atoms. The van der Waals surface area contributed by atoms with Crippen LogP contribution in [0.25, 0.3) is 0 Å². The van der Waals surface area contributed by atoms with Crippen LogP contribution in [0.3, 0.4) is 0 Å². The Bertz CT molecular complexity index is 321. The molecule has 0 aromatic carbocycles. The maximum absolute atomic E-state index is 12.3. The van der Waals surface area contributed by atoms with E-state index < -0.39 is 0 Å². The number of carbonyl (C=O) groups excluding carboxylic acids is 1. The zero-order valence-corrected chi connectivity index (χ0v) is 12.6. The van der Waals surface area contributed by atoms with Gasteiger partial charge in [-0.2, -0.15) is 0 Å². The highest BCUT2D eigenvalue weighted by Crippen LogP contribution is 2.32. The first-order chi connectivity index (χ1) is 8.99. The third-order valence-electron chi connectivity index (χ3n) is 4.78. The fourth-order valence-corrected chi connectivity index (χ4v) is 3.46. The average molecular weight is 268 g/mol. The fourth-order valence-electron chi connectivity index (χ4n) is 3.46. The van der Waals surface area contributed by atoms with Crippen molar-refractivity contribution < 1.29 is 9.53 Å². The van der Waals surface area contributed by atoms with Crippen molar-refractivity contribution in [2.75, 3.05) is 6.54 Å². The normalized spacial score (nSPS) is 43.2. The first kappa shape index (κ1) is 14.8. The minimum atomic E-state index is -0.00369. The summed E-state index contributed by atoms with van der Waals surface area (Å²) in [6.07, 6.45) is 3.87. The van der Waals surface area contributed by atoms with Gasteiger partial charge < -0.3 is 15.4 Å². The molecule has 2 aliphatic heterocycles. The molecule has 0 aliphatic carbocycles. The molecule has 2 rings (SSSR count). The van der Waals surface area contributed by atoms with E-state index in [0.717, 1.165) is 13.0 Å². The summed E-state index contributed by atoms with van der Waals surface area (Å²) in [4.78, 5) is 12.3. The largest absolute Gasteiger partial charge is 0.374 e. The molecule has 0 aromatic heterocycles. The second kappa shape index (κ2) is 6.23. The highest BCUT2D eigenvalue weighted by Gasteiger charge is 2.41. The van der Waals surface area contributed by atoms with Gasteiger partial charge in [-0.05, 0) is 39.5 Å². The molecule has 1 amide bonds. The van der Waals surface area contributed by atoms with E-state index in [1.54, 1.807) is 0 Å². The predicted molar refractivity (Wildman–Crippen MR) is 75.9 cm³/mol. The highest BCUT2D eigenvalue weighted by molar-refractivity contribution is 5.79. The number of amides is 1. The lowest BCUT2D eigenvalue weighted by molar-refractivity contribution is -0.127. The molecular weight excluding hydrogens is 240 g/mol. The van der Waals surface area contributed by atoms with Gasteiger partial charge in [0.1, 0.15) is 0 Å². The number of nitrogens with one attached hydrogen (secondary N) is 2. The van der Waals surface area contributed by atoms with Crippen molar-refractivity contribution in [1.29, 1.82) is 0 Å². The monoisotopic (exact) mass is 268 g/mol. The molecule has 6 atom stereocenters. The second-order valence-electron chi connectivity index (χ2n) is 6.37. The Morgan fingerprint density at radius 1 is 1.21 bits per heavy atom. The molecule has 0 spiro atoms. The van der Waals surface area contributed by atoms with Crippen LogP contribution >= 0.6 is 0 Å². The van der Waals surface area contributed by atoms with Gasteiger partial charge in [-0.25, -0.2) is 0 Å². The van der Waals surface area contributed by atoms with Crippen molar-refractivity contribution in [1.82, 2.24) is 10.6 Å². The zero-order valence-electron chi connectivity index (χ0n) is 12.6. The maximum atomic E-state index is 12.3. The molecular formula is C15H28N2O2. The summed E-state index contributed by atoms with van der Waals surface area (Å²) in [6, 6.07) is 1.00. The van der Waals surface area contributed by atoms with Gasteiger partial charge in [0.05, 0.1) is 18.1 Å². The average Bonchev–Trinajstić information content (AvgIpc) is 2.61. The molecule has 19 heavy (non-hydrogen) atoms. The van der Waals surface area contributed by atoms with Gasteiger partial charge in [0.2, 0.25) is 5.91 Å². The summed E-state index contributed by atoms with van der Waals surface area (Å²) >= 11 is 0. The summed E-state index contributed by atoms with van der Waals surface area (Å²) < 4.78 is 5.74. The van der Waals surface area contributed by atoms with E-state index in [1.165, 1.54) is 12.8 Å². The van der Waals surface area contributed by atoms with E-state index in [4.69, 9.17) is 4.74 Å². The molecule has 2 aliphatic rings. The third-order valence-corrected chi connectivity index (χ3v) is 4.78. The molecule has 2 N–H and O–H groups in total.